The molecule has 0 saturated heterocycles. The molecule has 4 nitrogen and oxygen atoms in total. The predicted octanol–water partition coefficient (Wildman–Crippen LogP) is 5.93. The van der Waals surface area contributed by atoms with Crippen molar-refractivity contribution in [3.63, 3.8) is 0 Å². The van der Waals surface area contributed by atoms with Gasteiger partial charge in [0.2, 0.25) is 5.13 Å². The molecular formula is C23H19N3OS. The van der Waals surface area contributed by atoms with E-state index in [4.69, 9.17) is 4.74 Å². The van der Waals surface area contributed by atoms with Gasteiger partial charge < -0.3 is 4.74 Å². The number of hydrogen-bond donors (Lipinski definition) is 1. The molecule has 0 amide bonds. The van der Waals surface area contributed by atoms with Crippen molar-refractivity contribution in [3.05, 3.63) is 89.8 Å². The molecule has 1 N–H and O–H groups in total. The Hall–Kier alpha value is -3.44. The Morgan fingerprint density at radius 2 is 1.54 bits per heavy atom. The standard InChI is InChI=1S/C23H19N3OS/c1-27-22-10-6-5-9-20(22)15-24-26-23-25-21(16-28-23)19-13-11-18(12-14-19)17-7-3-2-4-8-17/h2-16H,1H3,(H,25,26). The van der Waals surface area contributed by atoms with Crippen LogP contribution in [0.2, 0.25) is 0 Å². The number of thiazole rings is 1. The Balaban J connectivity index is 1.45. The van der Waals surface area contributed by atoms with Crippen LogP contribution in [0.15, 0.2) is 89.3 Å². The van der Waals surface area contributed by atoms with Crippen LogP contribution in [0.4, 0.5) is 5.13 Å². The highest BCUT2D eigenvalue weighted by Gasteiger charge is 2.05. The lowest BCUT2D eigenvalue weighted by atomic mass is 10.0. The van der Waals surface area contributed by atoms with Gasteiger partial charge in [-0.2, -0.15) is 5.10 Å². The number of methoxy groups -OCH3 is 1. The maximum absolute atomic E-state index is 5.32. The van der Waals surface area contributed by atoms with Gasteiger partial charge in [0, 0.05) is 16.5 Å². The lowest BCUT2D eigenvalue weighted by Crippen LogP contribution is -1.93. The molecule has 0 radical (unpaired) electrons. The zero-order chi connectivity index (χ0) is 19.2. The maximum atomic E-state index is 5.32. The summed E-state index contributed by atoms with van der Waals surface area (Å²) in [6, 6.07) is 26.5. The van der Waals surface area contributed by atoms with Gasteiger partial charge in [0.25, 0.3) is 0 Å². The van der Waals surface area contributed by atoms with Crippen LogP contribution in [-0.2, 0) is 0 Å². The van der Waals surface area contributed by atoms with Crippen molar-refractivity contribution in [1.82, 2.24) is 4.98 Å². The zero-order valence-corrected chi connectivity index (χ0v) is 16.2. The smallest absolute Gasteiger partial charge is 0.203 e. The van der Waals surface area contributed by atoms with Crippen molar-refractivity contribution in [2.75, 3.05) is 12.5 Å². The van der Waals surface area contributed by atoms with Crippen LogP contribution in [-0.4, -0.2) is 18.3 Å². The number of nitrogens with one attached hydrogen (secondary N) is 1. The number of para-hydroxylation sites is 1. The van der Waals surface area contributed by atoms with Crippen molar-refractivity contribution < 1.29 is 4.74 Å². The molecule has 0 aliphatic carbocycles. The molecule has 5 heteroatoms. The lowest BCUT2D eigenvalue weighted by molar-refractivity contribution is 0.414. The quantitative estimate of drug-likeness (QED) is 0.330. The molecule has 0 bridgehead atoms. The first-order valence-corrected chi connectivity index (χ1v) is 9.75. The fraction of sp³-hybridized carbons (Fsp3) is 0.0435. The number of nitrogens with zero attached hydrogens (tertiary/aromatic N) is 2. The first-order chi connectivity index (χ1) is 13.8. The van der Waals surface area contributed by atoms with Gasteiger partial charge in [0.05, 0.1) is 19.0 Å². The molecule has 1 heterocycles. The zero-order valence-electron chi connectivity index (χ0n) is 15.4. The van der Waals surface area contributed by atoms with E-state index in [1.807, 2.05) is 47.8 Å². The Kier molecular flexibility index (Phi) is 5.45. The van der Waals surface area contributed by atoms with E-state index in [0.717, 1.165) is 27.7 Å². The highest BCUT2D eigenvalue weighted by molar-refractivity contribution is 7.14. The van der Waals surface area contributed by atoms with Crippen molar-refractivity contribution >= 4 is 22.7 Å². The second-order valence-corrected chi connectivity index (χ2v) is 6.95. The average molecular weight is 385 g/mol. The summed E-state index contributed by atoms with van der Waals surface area (Å²) >= 11 is 1.52. The van der Waals surface area contributed by atoms with E-state index in [0.29, 0.717) is 0 Å². The molecule has 138 valence electrons. The Labute approximate surface area is 168 Å². The molecule has 0 aliphatic rings. The van der Waals surface area contributed by atoms with Crippen LogP contribution >= 0.6 is 11.3 Å². The molecule has 3 aromatic carbocycles. The molecule has 4 aromatic rings. The van der Waals surface area contributed by atoms with Crippen molar-refractivity contribution in [2.45, 2.75) is 0 Å². The minimum absolute atomic E-state index is 0.744. The van der Waals surface area contributed by atoms with Crippen LogP contribution < -0.4 is 10.2 Å². The first-order valence-electron chi connectivity index (χ1n) is 8.87. The van der Waals surface area contributed by atoms with Crippen LogP contribution in [0, 0.1) is 0 Å². The van der Waals surface area contributed by atoms with E-state index in [1.165, 1.54) is 22.5 Å². The van der Waals surface area contributed by atoms with Crippen LogP contribution in [0.3, 0.4) is 0 Å². The summed E-state index contributed by atoms with van der Waals surface area (Å²) in [5, 5.41) is 7.04. The maximum Gasteiger partial charge on any atom is 0.203 e. The van der Waals surface area contributed by atoms with E-state index in [1.54, 1.807) is 13.3 Å². The summed E-state index contributed by atoms with van der Waals surface area (Å²) in [7, 11) is 1.65. The Bertz CT molecular complexity index is 1070. The van der Waals surface area contributed by atoms with Gasteiger partial charge in [-0.15, -0.1) is 11.3 Å². The third kappa shape index (κ3) is 4.10. The van der Waals surface area contributed by atoms with Gasteiger partial charge in [0.1, 0.15) is 5.75 Å². The largest absolute Gasteiger partial charge is 0.496 e. The second kappa shape index (κ2) is 8.50. The highest BCUT2D eigenvalue weighted by atomic mass is 32.1. The lowest BCUT2D eigenvalue weighted by Gasteiger charge is -2.03. The number of benzene rings is 3. The summed E-state index contributed by atoms with van der Waals surface area (Å²) in [6.45, 7) is 0. The molecule has 0 saturated carbocycles. The molecule has 0 spiro atoms. The number of rotatable bonds is 6. The van der Waals surface area contributed by atoms with E-state index < -0.39 is 0 Å². The fourth-order valence-electron chi connectivity index (χ4n) is 2.85. The predicted molar refractivity (Wildman–Crippen MR) is 117 cm³/mol. The van der Waals surface area contributed by atoms with Gasteiger partial charge in [0.15, 0.2) is 0 Å². The summed E-state index contributed by atoms with van der Waals surface area (Å²) in [5.74, 6) is 0.784. The van der Waals surface area contributed by atoms with E-state index in [-0.39, 0.29) is 0 Å². The topological polar surface area (TPSA) is 46.5 Å². The molecule has 0 aliphatic heterocycles. The summed E-state index contributed by atoms with van der Waals surface area (Å²) in [6.07, 6.45) is 1.73. The molecule has 0 unspecified atom stereocenters. The minimum Gasteiger partial charge on any atom is -0.496 e. The summed E-state index contributed by atoms with van der Waals surface area (Å²) in [5.41, 5.74) is 8.32. The van der Waals surface area contributed by atoms with Gasteiger partial charge in [-0.05, 0) is 23.3 Å². The van der Waals surface area contributed by atoms with Gasteiger partial charge >= 0.3 is 0 Å². The van der Waals surface area contributed by atoms with E-state index in [2.05, 4.69) is 51.9 Å². The Morgan fingerprint density at radius 1 is 0.857 bits per heavy atom. The SMILES string of the molecule is COc1ccccc1C=NNc1nc(-c2ccc(-c3ccccc3)cc2)cs1. The normalized spacial score (nSPS) is 10.9. The van der Waals surface area contributed by atoms with Crippen molar-refractivity contribution in [2.24, 2.45) is 5.10 Å². The first kappa shape index (κ1) is 17.9. The van der Waals surface area contributed by atoms with Crippen molar-refractivity contribution in [1.29, 1.82) is 0 Å². The number of anilines is 1. The molecular weight excluding hydrogens is 366 g/mol. The number of ether oxygens (including phenoxy) is 1. The molecule has 4 rings (SSSR count). The summed E-state index contributed by atoms with van der Waals surface area (Å²) < 4.78 is 5.32. The van der Waals surface area contributed by atoms with Crippen LogP contribution in [0.1, 0.15) is 5.56 Å². The second-order valence-electron chi connectivity index (χ2n) is 6.09. The number of aromatic nitrogens is 1. The average Bonchev–Trinajstić information content (AvgIpc) is 3.24. The van der Waals surface area contributed by atoms with Crippen LogP contribution in [0.25, 0.3) is 22.4 Å². The van der Waals surface area contributed by atoms with Gasteiger partial charge in [-0.3, -0.25) is 5.43 Å². The summed E-state index contributed by atoms with van der Waals surface area (Å²) in [4.78, 5) is 4.62. The van der Waals surface area contributed by atoms with Crippen LogP contribution in [0.5, 0.6) is 5.75 Å². The molecule has 0 atom stereocenters. The number of hydrazone groups is 1. The van der Waals surface area contributed by atoms with Gasteiger partial charge in [-0.25, -0.2) is 4.98 Å². The minimum atomic E-state index is 0.744. The molecule has 0 fully saturated rings. The molecule has 28 heavy (non-hydrogen) atoms. The van der Waals surface area contributed by atoms with E-state index in [9.17, 15) is 0 Å². The van der Waals surface area contributed by atoms with Crippen molar-refractivity contribution in [3.8, 4) is 28.1 Å². The monoisotopic (exact) mass is 385 g/mol. The molecule has 1 aromatic heterocycles. The highest BCUT2D eigenvalue weighted by Crippen LogP contribution is 2.27. The van der Waals surface area contributed by atoms with Gasteiger partial charge in [-0.1, -0.05) is 66.7 Å². The third-order valence-corrected chi connectivity index (χ3v) is 5.04. The fourth-order valence-corrected chi connectivity index (χ4v) is 3.52. The third-order valence-electron chi connectivity index (χ3n) is 4.29. The Morgan fingerprint density at radius 3 is 2.32 bits per heavy atom. The van der Waals surface area contributed by atoms with E-state index >= 15 is 0 Å². The number of hydrogen-bond acceptors (Lipinski definition) is 5.